The normalized spacial score (nSPS) is 11.8. The minimum absolute atomic E-state index is 0.225. The quantitative estimate of drug-likeness (QED) is 0.609. The van der Waals surface area contributed by atoms with Crippen LogP contribution in [0, 0.1) is 0 Å². The van der Waals surface area contributed by atoms with Crippen LogP contribution in [0.2, 0.25) is 0 Å². The van der Waals surface area contributed by atoms with Crippen molar-refractivity contribution in [3.8, 4) is 0 Å². The Hall–Kier alpha value is -1.66. The van der Waals surface area contributed by atoms with E-state index in [1.165, 1.54) is 29.0 Å². The third-order valence-corrected chi connectivity index (χ3v) is 2.96. The van der Waals surface area contributed by atoms with Gasteiger partial charge in [-0.3, -0.25) is 13.9 Å². The van der Waals surface area contributed by atoms with Crippen molar-refractivity contribution >= 4 is 27.4 Å². The first-order valence-corrected chi connectivity index (χ1v) is 5.50. The molecule has 0 amide bonds. The average molecular weight is 225 g/mol. The highest BCUT2D eigenvalue weighted by molar-refractivity contribution is 7.85. The van der Waals surface area contributed by atoms with E-state index in [-0.39, 0.29) is 4.90 Å². The van der Waals surface area contributed by atoms with E-state index in [0.717, 1.165) is 5.39 Å². The number of carbonyl (C=O) groups is 1. The number of hydrogen-bond acceptors (Lipinski definition) is 3. The molecule has 1 N–H and O–H groups in total. The van der Waals surface area contributed by atoms with Crippen LogP contribution in [0.1, 0.15) is 0 Å². The molecule has 0 spiro atoms. The predicted molar refractivity (Wildman–Crippen MR) is 53.9 cm³/mol. The maximum absolute atomic E-state index is 10.9. The minimum Gasteiger partial charge on any atom is -0.290 e. The van der Waals surface area contributed by atoms with Crippen molar-refractivity contribution in [3.63, 3.8) is 0 Å². The second-order valence-electron chi connectivity index (χ2n) is 3.02. The van der Waals surface area contributed by atoms with E-state index >= 15 is 0 Å². The number of rotatable bonds is 2. The van der Waals surface area contributed by atoms with Crippen molar-refractivity contribution in [1.82, 2.24) is 4.57 Å². The first-order valence-electron chi connectivity index (χ1n) is 4.06. The van der Waals surface area contributed by atoms with Gasteiger partial charge in [-0.1, -0.05) is 6.07 Å². The summed E-state index contributed by atoms with van der Waals surface area (Å²) in [6, 6.07) is 5.74. The lowest BCUT2D eigenvalue weighted by Gasteiger charge is -1.98. The van der Waals surface area contributed by atoms with Crippen molar-refractivity contribution < 1.29 is 17.8 Å². The van der Waals surface area contributed by atoms with E-state index in [9.17, 15) is 13.2 Å². The van der Waals surface area contributed by atoms with Gasteiger partial charge in [-0.25, -0.2) is 0 Å². The zero-order valence-electron chi connectivity index (χ0n) is 7.49. The summed E-state index contributed by atoms with van der Waals surface area (Å²) < 4.78 is 31.8. The molecule has 5 nitrogen and oxygen atoms in total. The average Bonchev–Trinajstić information content (AvgIpc) is 2.57. The Kier molecular flexibility index (Phi) is 2.09. The molecule has 1 heterocycles. The van der Waals surface area contributed by atoms with Gasteiger partial charge >= 0.3 is 0 Å². The third kappa shape index (κ3) is 1.64. The Bertz CT molecular complexity index is 627. The summed E-state index contributed by atoms with van der Waals surface area (Å²) in [5.41, 5.74) is 0.445. The van der Waals surface area contributed by atoms with Crippen LogP contribution in [0.5, 0.6) is 0 Å². The molecule has 0 atom stereocenters. The molecule has 15 heavy (non-hydrogen) atoms. The molecule has 0 aliphatic heterocycles. The molecule has 78 valence electrons. The molecule has 0 unspecified atom stereocenters. The number of carbonyl (C=O) groups excluding carboxylic acids is 1. The van der Waals surface area contributed by atoms with Crippen LogP contribution >= 0.6 is 0 Å². The van der Waals surface area contributed by atoms with E-state index in [4.69, 9.17) is 4.55 Å². The van der Waals surface area contributed by atoms with Crippen molar-refractivity contribution in [2.45, 2.75) is 4.90 Å². The van der Waals surface area contributed by atoms with E-state index in [0.29, 0.717) is 11.9 Å². The van der Waals surface area contributed by atoms with Crippen molar-refractivity contribution in [2.75, 3.05) is 0 Å². The summed E-state index contributed by atoms with van der Waals surface area (Å²) in [6.07, 6.45) is 2.08. The summed E-state index contributed by atoms with van der Waals surface area (Å²) in [5.74, 6) is 0. The highest BCUT2D eigenvalue weighted by Gasteiger charge is 2.11. The maximum Gasteiger partial charge on any atom is 0.294 e. The lowest BCUT2D eigenvalue weighted by molar-refractivity contribution is 0.483. The fourth-order valence-electron chi connectivity index (χ4n) is 1.38. The monoisotopic (exact) mass is 225 g/mol. The molecule has 0 aliphatic carbocycles. The number of hydrogen-bond donors (Lipinski definition) is 1. The maximum atomic E-state index is 10.9. The highest BCUT2D eigenvalue weighted by Crippen LogP contribution is 2.19. The largest absolute Gasteiger partial charge is 0.294 e. The van der Waals surface area contributed by atoms with Gasteiger partial charge in [0.2, 0.25) is 6.41 Å². The Labute approximate surface area is 85.7 Å². The standard InChI is InChI=1S/C9H7NO4S/c11-6-10-4-3-7-1-2-8(5-9(7)10)15(12,13)14/h1-6H,(H,12,13,14). The molecule has 0 saturated heterocycles. The third-order valence-electron chi connectivity index (χ3n) is 2.11. The fourth-order valence-corrected chi connectivity index (χ4v) is 1.88. The number of benzene rings is 1. The molecular formula is C9H7NO4S. The van der Waals surface area contributed by atoms with Crippen LogP contribution < -0.4 is 0 Å². The summed E-state index contributed by atoms with van der Waals surface area (Å²) in [6.45, 7) is 0. The molecule has 2 aromatic rings. The van der Waals surface area contributed by atoms with Gasteiger partial charge < -0.3 is 0 Å². The van der Waals surface area contributed by atoms with E-state index < -0.39 is 10.1 Å². The predicted octanol–water partition coefficient (Wildman–Crippen LogP) is 0.926. The Morgan fingerprint density at radius 3 is 2.60 bits per heavy atom. The summed E-state index contributed by atoms with van der Waals surface area (Å²) >= 11 is 0. The second kappa shape index (κ2) is 3.18. The summed E-state index contributed by atoms with van der Waals surface area (Å²) in [4.78, 5) is 10.4. The lowest BCUT2D eigenvalue weighted by atomic mass is 10.2. The smallest absolute Gasteiger partial charge is 0.290 e. The molecule has 1 aromatic carbocycles. The second-order valence-corrected chi connectivity index (χ2v) is 4.45. The van der Waals surface area contributed by atoms with Gasteiger partial charge in [0, 0.05) is 11.6 Å². The first-order chi connectivity index (χ1) is 7.02. The zero-order valence-corrected chi connectivity index (χ0v) is 8.31. The van der Waals surface area contributed by atoms with Crippen LogP contribution in [0.25, 0.3) is 10.9 Å². The molecular weight excluding hydrogens is 218 g/mol. The van der Waals surface area contributed by atoms with Crippen molar-refractivity contribution in [1.29, 1.82) is 0 Å². The zero-order chi connectivity index (χ0) is 11.1. The van der Waals surface area contributed by atoms with E-state index in [1.54, 1.807) is 6.07 Å². The van der Waals surface area contributed by atoms with Gasteiger partial charge in [0.15, 0.2) is 0 Å². The molecule has 0 fully saturated rings. The molecule has 2 rings (SSSR count). The SMILES string of the molecule is O=Cn1ccc2ccc(S(=O)(=O)O)cc21. The van der Waals surface area contributed by atoms with Crippen molar-refractivity contribution in [2.24, 2.45) is 0 Å². The van der Waals surface area contributed by atoms with Gasteiger partial charge in [-0.15, -0.1) is 0 Å². The summed E-state index contributed by atoms with van der Waals surface area (Å²) in [7, 11) is -4.23. The molecule has 0 saturated carbocycles. The minimum atomic E-state index is -4.23. The van der Waals surface area contributed by atoms with Crippen LogP contribution in [-0.2, 0) is 14.9 Å². The first kappa shape index (κ1) is 9.88. The van der Waals surface area contributed by atoms with E-state index in [2.05, 4.69) is 0 Å². The number of nitrogens with zero attached hydrogens (tertiary/aromatic N) is 1. The fraction of sp³-hybridized carbons (Fsp3) is 0. The number of fused-ring (bicyclic) bond motifs is 1. The molecule has 1 aromatic heterocycles. The topological polar surface area (TPSA) is 76.4 Å². The van der Waals surface area contributed by atoms with Crippen LogP contribution in [0.3, 0.4) is 0 Å². The van der Waals surface area contributed by atoms with Gasteiger partial charge in [0.25, 0.3) is 10.1 Å². The molecule has 0 radical (unpaired) electrons. The Balaban J connectivity index is 2.79. The van der Waals surface area contributed by atoms with Crippen molar-refractivity contribution in [3.05, 3.63) is 30.5 Å². The summed E-state index contributed by atoms with van der Waals surface area (Å²) in [5, 5.41) is 0.731. The van der Waals surface area contributed by atoms with Crippen LogP contribution in [0.15, 0.2) is 35.4 Å². The van der Waals surface area contributed by atoms with Gasteiger partial charge in [-0.05, 0) is 18.2 Å². The van der Waals surface area contributed by atoms with Gasteiger partial charge in [0.05, 0.1) is 10.4 Å². The van der Waals surface area contributed by atoms with E-state index in [1.807, 2.05) is 0 Å². The Morgan fingerprint density at radius 2 is 2.00 bits per heavy atom. The molecule has 6 heteroatoms. The molecule has 0 bridgehead atoms. The highest BCUT2D eigenvalue weighted by atomic mass is 32.2. The van der Waals surface area contributed by atoms with Gasteiger partial charge in [-0.2, -0.15) is 8.42 Å². The molecule has 0 aliphatic rings. The lowest BCUT2D eigenvalue weighted by Crippen LogP contribution is -1.99. The van der Waals surface area contributed by atoms with Gasteiger partial charge in [0.1, 0.15) is 0 Å². The van der Waals surface area contributed by atoms with Crippen LogP contribution in [-0.4, -0.2) is 23.9 Å². The number of aromatic nitrogens is 1. The van der Waals surface area contributed by atoms with Crippen LogP contribution in [0.4, 0.5) is 0 Å². The Morgan fingerprint density at radius 1 is 1.27 bits per heavy atom.